The minimum atomic E-state index is -0.235. The van der Waals surface area contributed by atoms with Crippen LogP contribution >= 0.6 is 0 Å². The van der Waals surface area contributed by atoms with Crippen molar-refractivity contribution in [3.05, 3.63) is 75.8 Å². The number of H-pyrrole nitrogens is 1. The van der Waals surface area contributed by atoms with Crippen LogP contribution in [0.4, 0.5) is 0 Å². The molecule has 1 amide bonds. The standard InChI is InChI=1S/C22H20N4O3/c23-12-15-5-3-6-16(11-15)22(28)26(13-17-7-4-10-29-17)14-20-24-19-9-2-1-8-18(19)21(27)25-20/h1-3,5-6,8-9,11,17H,4,7,10,13-14H2,(H,24,25,27). The van der Waals surface area contributed by atoms with E-state index in [2.05, 4.69) is 16.0 Å². The SMILES string of the molecule is N#Cc1cccc(C(=O)N(Cc2nc3ccccc3c(=O)[nH]2)CC2CCCO2)c1. The zero-order chi connectivity index (χ0) is 20.2. The van der Waals surface area contributed by atoms with Gasteiger partial charge in [0.1, 0.15) is 5.82 Å². The molecule has 0 radical (unpaired) electrons. The van der Waals surface area contributed by atoms with Gasteiger partial charge in [-0.1, -0.05) is 18.2 Å². The highest BCUT2D eigenvalue weighted by Crippen LogP contribution is 2.17. The van der Waals surface area contributed by atoms with Gasteiger partial charge in [-0.25, -0.2) is 4.98 Å². The Balaban J connectivity index is 1.66. The van der Waals surface area contributed by atoms with E-state index < -0.39 is 0 Å². The lowest BCUT2D eigenvalue weighted by molar-refractivity contribution is 0.0501. The summed E-state index contributed by atoms with van der Waals surface area (Å²) >= 11 is 0. The first-order valence-corrected chi connectivity index (χ1v) is 9.53. The van der Waals surface area contributed by atoms with E-state index in [0.717, 1.165) is 12.8 Å². The van der Waals surface area contributed by atoms with Crippen molar-refractivity contribution in [2.75, 3.05) is 13.2 Å². The number of ether oxygens (including phenoxy) is 1. The Morgan fingerprint density at radius 1 is 1.28 bits per heavy atom. The highest BCUT2D eigenvalue weighted by Gasteiger charge is 2.24. The van der Waals surface area contributed by atoms with Crippen molar-refractivity contribution >= 4 is 16.8 Å². The number of carbonyl (C=O) groups is 1. The van der Waals surface area contributed by atoms with Crippen LogP contribution in [-0.2, 0) is 11.3 Å². The summed E-state index contributed by atoms with van der Waals surface area (Å²) in [5, 5.41) is 9.64. The molecule has 0 saturated carbocycles. The van der Waals surface area contributed by atoms with Crippen molar-refractivity contribution in [1.82, 2.24) is 14.9 Å². The Morgan fingerprint density at radius 3 is 2.93 bits per heavy atom. The van der Waals surface area contributed by atoms with E-state index in [9.17, 15) is 9.59 Å². The second-order valence-electron chi connectivity index (χ2n) is 7.04. The molecular formula is C22H20N4O3. The number of hydrogen-bond donors (Lipinski definition) is 1. The summed E-state index contributed by atoms with van der Waals surface area (Å²) in [5.74, 6) is 0.185. The van der Waals surface area contributed by atoms with Crippen LogP contribution in [0.5, 0.6) is 0 Å². The fourth-order valence-electron chi connectivity index (χ4n) is 3.55. The van der Waals surface area contributed by atoms with E-state index in [1.807, 2.05) is 6.07 Å². The van der Waals surface area contributed by atoms with Crippen molar-refractivity contribution in [3.8, 4) is 6.07 Å². The summed E-state index contributed by atoms with van der Waals surface area (Å²) in [5.41, 5.74) is 1.19. The zero-order valence-electron chi connectivity index (χ0n) is 15.8. The molecular weight excluding hydrogens is 368 g/mol. The summed E-state index contributed by atoms with van der Waals surface area (Å²) in [6.45, 7) is 1.23. The van der Waals surface area contributed by atoms with E-state index >= 15 is 0 Å². The van der Waals surface area contributed by atoms with Gasteiger partial charge in [0.25, 0.3) is 11.5 Å². The summed E-state index contributed by atoms with van der Waals surface area (Å²) in [7, 11) is 0. The molecule has 1 fully saturated rings. The lowest BCUT2D eigenvalue weighted by Gasteiger charge is -2.25. The van der Waals surface area contributed by atoms with Gasteiger partial charge in [-0.3, -0.25) is 9.59 Å². The number of aromatic nitrogens is 2. The maximum absolute atomic E-state index is 13.2. The predicted molar refractivity (Wildman–Crippen MR) is 107 cm³/mol. The smallest absolute Gasteiger partial charge is 0.258 e. The van der Waals surface area contributed by atoms with Crippen LogP contribution in [0, 0.1) is 11.3 Å². The molecule has 1 aromatic heterocycles. The molecule has 0 spiro atoms. The molecule has 7 heteroatoms. The number of amides is 1. The fourth-order valence-corrected chi connectivity index (χ4v) is 3.55. The van der Waals surface area contributed by atoms with E-state index in [0.29, 0.717) is 41.0 Å². The van der Waals surface area contributed by atoms with E-state index in [1.165, 1.54) is 0 Å². The van der Waals surface area contributed by atoms with Crippen LogP contribution in [-0.4, -0.2) is 40.0 Å². The lowest BCUT2D eigenvalue weighted by Crippen LogP contribution is -2.38. The summed E-state index contributed by atoms with van der Waals surface area (Å²) in [4.78, 5) is 34.5. The number of rotatable bonds is 5. The van der Waals surface area contributed by atoms with Crippen molar-refractivity contribution < 1.29 is 9.53 Å². The molecule has 29 heavy (non-hydrogen) atoms. The molecule has 0 aliphatic carbocycles. The second kappa shape index (κ2) is 8.25. The normalized spacial score (nSPS) is 15.9. The monoisotopic (exact) mass is 388 g/mol. The van der Waals surface area contributed by atoms with Crippen molar-refractivity contribution in [2.45, 2.75) is 25.5 Å². The van der Waals surface area contributed by atoms with Crippen LogP contribution in [0.25, 0.3) is 10.9 Å². The van der Waals surface area contributed by atoms with Gasteiger partial charge in [0.05, 0.1) is 35.2 Å². The maximum Gasteiger partial charge on any atom is 0.258 e. The first kappa shape index (κ1) is 18.8. The third kappa shape index (κ3) is 4.18. The number of hydrogen-bond acceptors (Lipinski definition) is 5. The largest absolute Gasteiger partial charge is 0.376 e. The number of nitrogens with one attached hydrogen (secondary N) is 1. The van der Waals surface area contributed by atoms with Crippen LogP contribution < -0.4 is 5.56 Å². The van der Waals surface area contributed by atoms with Crippen LogP contribution in [0.15, 0.2) is 53.3 Å². The average molecular weight is 388 g/mol. The first-order valence-electron chi connectivity index (χ1n) is 9.53. The quantitative estimate of drug-likeness (QED) is 0.724. The Hall–Kier alpha value is -3.50. The summed E-state index contributed by atoms with van der Waals surface area (Å²) in [6.07, 6.45) is 1.79. The Labute approximate surface area is 167 Å². The molecule has 1 saturated heterocycles. The van der Waals surface area contributed by atoms with Gasteiger partial charge in [-0.15, -0.1) is 0 Å². The highest BCUT2D eigenvalue weighted by molar-refractivity contribution is 5.94. The first-order chi connectivity index (χ1) is 14.1. The Bertz CT molecular complexity index is 1140. The molecule has 3 aromatic rings. The number of para-hydroxylation sites is 1. The third-order valence-corrected chi connectivity index (χ3v) is 4.98. The van der Waals surface area contributed by atoms with E-state index in [-0.39, 0.29) is 24.1 Å². The second-order valence-corrected chi connectivity index (χ2v) is 7.04. The van der Waals surface area contributed by atoms with Gasteiger partial charge in [-0.05, 0) is 43.2 Å². The molecule has 7 nitrogen and oxygen atoms in total. The van der Waals surface area contributed by atoms with Crippen LogP contribution in [0.2, 0.25) is 0 Å². The molecule has 2 heterocycles. The van der Waals surface area contributed by atoms with Crippen molar-refractivity contribution in [3.63, 3.8) is 0 Å². The molecule has 146 valence electrons. The third-order valence-electron chi connectivity index (χ3n) is 4.98. The number of nitriles is 1. The topological polar surface area (TPSA) is 99.1 Å². The molecule has 1 unspecified atom stereocenters. The predicted octanol–water partition coefficient (Wildman–Crippen LogP) is 2.62. The van der Waals surface area contributed by atoms with E-state index in [4.69, 9.17) is 10.00 Å². The highest BCUT2D eigenvalue weighted by atomic mass is 16.5. The maximum atomic E-state index is 13.2. The zero-order valence-corrected chi connectivity index (χ0v) is 15.8. The van der Waals surface area contributed by atoms with Crippen LogP contribution in [0.3, 0.4) is 0 Å². The molecule has 1 aliphatic rings. The van der Waals surface area contributed by atoms with Crippen molar-refractivity contribution in [2.24, 2.45) is 0 Å². The average Bonchev–Trinajstić information content (AvgIpc) is 3.26. The van der Waals surface area contributed by atoms with Gasteiger partial charge in [0.15, 0.2) is 0 Å². The van der Waals surface area contributed by atoms with Gasteiger partial charge >= 0.3 is 0 Å². The number of fused-ring (bicyclic) bond motifs is 1. The summed E-state index contributed by atoms with van der Waals surface area (Å²) in [6, 6.07) is 15.8. The minimum absolute atomic E-state index is 0.0507. The van der Waals surface area contributed by atoms with E-state index in [1.54, 1.807) is 47.4 Å². The van der Waals surface area contributed by atoms with Crippen LogP contribution in [0.1, 0.15) is 34.6 Å². The number of nitrogens with zero attached hydrogens (tertiary/aromatic N) is 3. The Kier molecular flexibility index (Phi) is 5.36. The fraction of sp³-hybridized carbons (Fsp3) is 0.273. The van der Waals surface area contributed by atoms with Crippen molar-refractivity contribution in [1.29, 1.82) is 5.26 Å². The van der Waals surface area contributed by atoms with Gasteiger partial charge in [0, 0.05) is 18.7 Å². The molecule has 4 rings (SSSR count). The van der Waals surface area contributed by atoms with Gasteiger partial charge in [0.2, 0.25) is 0 Å². The lowest BCUT2D eigenvalue weighted by atomic mass is 10.1. The number of carbonyl (C=O) groups excluding carboxylic acids is 1. The molecule has 2 aromatic carbocycles. The molecule has 1 N–H and O–H groups in total. The van der Waals surface area contributed by atoms with Gasteiger partial charge < -0.3 is 14.6 Å². The minimum Gasteiger partial charge on any atom is -0.376 e. The number of aromatic amines is 1. The summed E-state index contributed by atoms with van der Waals surface area (Å²) < 4.78 is 5.71. The Morgan fingerprint density at radius 2 is 2.14 bits per heavy atom. The molecule has 0 bridgehead atoms. The molecule has 1 aliphatic heterocycles. The van der Waals surface area contributed by atoms with Gasteiger partial charge in [-0.2, -0.15) is 5.26 Å². The molecule has 1 atom stereocenters. The number of benzene rings is 2.